The van der Waals surface area contributed by atoms with E-state index in [0.29, 0.717) is 5.92 Å². The maximum absolute atomic E-state index is 2.42. The Morgan fingerprint density at radius 1 is 1.18 bits per heavy atom. The molecule has 17 heavy (non-hydrogen) atoms. The average Bonchev–Trinajstić information content (AvgIpc) is 2.67. The molecule has 4 atom stereocenters. The second-order valence-corrected chi connectivity index (χ2v) is 6.81. The quantitative estimate of drug-likeness (QED) is 0.727. The Kier molecular flexibility index (Phi) is 3.22. The molecule has 1 aromatic rings. The summed E-state index contributed by atoms with van der Waals surface area (Å²) in [4.78, 5) is 0. The van der Waals surface area contributed by atoms with E-state index < -0.39 is 0 Å². The maximum atomic E-state index is 2.42. The zero-order valence-electron chi connectivity index (χ0n) is 10.1. The molecule has 0 amide bonds. The summed E-state index contributed by atoms with van der Waals surface area (Å²) < 4.78 is 0.850. The third-order valence-electron chi connectivity index (χ3n) is 4.21. The van der Waals surface area contributed by atoms with Crippen molar-refractivity contribution in [3.8, 4) is 0 Å². The van der Waals surface area contributed by atoms with Crippen LogP contribution in [0, 0.1) is 11.8 Å². The molecule has 1 heteroatoms. The van der Waals surface area contributed by atoms with Crippen molar-refractivity contribution < 1.29 is 24.7 Å². The molecule has 4 unspecified atom stereocenters. The third-order valence-corrected chi connectivity index (χ3v) is 6.43. The van der Waals surface area contributed by atoms with Crippen molar-refractivity contribution in [2.45, 2.75) is 22.9 Å². The van der Waals surface area contributed by atoms with Crippen molar-refractivity contribution in [3.05, 3.63) is 59.7 Å². The first kappa shape index (κ1) is 11.7. The van der Waals surface area contributed by atoms with Gasteiger partial charge in [-0.25, -0.2) is 0 Å². The minimum absolute atomic E-state index is 0.615. The Morgan fingerprint density at radius 3 is 2.71 bits per heavy atom. The Labute approximate surface area is 119 Å². The van der Waals surface area contributed by atoms with E-state index in [1.165, 1.54) is 12.0 Å². The summed E-state index contributed by atoms with van der Waals surface area (Å²) in [5.41, 5.74) is 3.20. The number of rotatable bonds is 1. The van der Waals surface area contributed by atoms with E-state index in [0.717, 1.165) is 15.5 Å². The van der Waals surface area contributed by atoms with Gasteiger partial charge in [-0.15, -0.1) is 0 Å². The van der Waals surface area contributed by atoms with E-state index in [-0.39, 0.29) is 0 Å². The molecule has 0 heterocycles. The minimum atomic E-state index is 0.615. The molecule has 85 valence electrons. The SMILES string of the molecule is CC1CC2C(=CC=CC2c2ccccc2)[CH]1[Zr]. The van der Waals surface area contributed by atoms with Gasteiger partial charge in [-0.3, -0.25) is 0 Å². The zero-order chi connectivity index (χ0) is 11.8. The summed E-state index contributed by atoms with van der Waals surface area (Å²) in [5.74, 6) is 2.25. The number of hydrogen-bond acceptors (Lipinski definition) is 0. The van der Waals surface area contributed by atoms with Crippen LogP contribution in [-0.2, 0) is 24.7 Å². The predicted octanol–water partition coefficient (Wildman–Crippen LogP) is 4.26. The van der Waals surface area contributed by atoms with E-state index in [4.69, 9.17) is 0 Å². The van der Waals surface area contributed by atoms with Crippen LogP contribution in [0.4, 0.5) is 0 Å². The fraction of sp³-hybridized carbons (Fsp3) is 0.375. The fourth-order valence-electron chi connectivity index (χ4n) is 3.25. The Hall–Kier alpha value is -0.417. The van der Waals surface area contributed by atoms with Gasteiger partial charge in [0.2, 0.25) is 0 Å². The number of hydrogen-bond donors (Lipinski definition) is 0. The van der Waals surface area contributed by atoms with E-state index in [1.54, 1.807) is 30.3 Å². The molecule has 0 radical (unpaired) electrons. The van der Waals surface area contributed by atoms with E-state index in [2.05, 4.69) is 55.5 Å². The molecule has 0 aromatic heterocycles. The molecule has 0 N–H and O–H groups in total. The summed E-state index contributed by atoms with van der Waals surface area (Å²) in [7, 11) is 0. The summed E-state index contributed by atoms with van der Waals surface area (Å²) in [5, 5.41) is 0. The van der Waals surface area contributed by atoms with Gasteiger partial charge in [-0.05, 0) is 0 Å². The van der Waals surface area contributed by atoms with Gasteiger partial charge < -0.3 is 0 Å². The van der Waals surface area contributed by atoms with Gasteiger partial charge in [0.05, 0.1) is 0 Å². The van der Waals surface area contributed by atoms with Crippen LogP contribution in [0.5, 0.6) is 0 Å². The molecular formula is C16H17Zr. The van der Waals surface area contributed by atoms with E-state index >= 15 is 0 Å². The number of fused-ring (bicyclic) bond motifs is 1. The average molecular weight is 301 g/mol. The Morgan fingerprint density at radius 2 is 1.94 bits per heavy atom. The summed E-state index contributed by atoms with van der Waals surface area (Å²) >= 11 is 1.69. The molecule has 1 aromatic carbocycles. The monoisotopic (exact) mass is 299 g/mol. The van der Waals surface area contributed by atoms with Gasteiger partial charge in [0.15, 0.2) is 0 Å². The molecular weight excluding hydrogens is 283 g/mol. The second kappa shape index (κ2) is 4.69. The van der Waals surface area contributed by atoms with Crippen LogP contribution < -0.4 is 0 Å². The molecule has 1 fully saturated rings. The molecule has 2 aliphatic carbocycles. The van der Waals surface area contributed by atoms with Crippen molar-refractivity contribution in [3.63, 3.8) is 0 Å². The molecule has 0 bridgehead atoms. The van der Waals surface area contributed by atoms with Crippen molar-refractivity contribution in [2.24, 2.45) is 11.8 Å². The first-order chi connectivity index (χ1) is 8.27. The Bertz CT molecular complexity index is 458. The van der Waals surface area contributed by atoms with Crippen LogP contribution >= 0.6 is 0 Å². The number of benzene rings is 1. The standard InChI is InChI=1S/C16H17.Zr/c1-12-10-14-8-5-9-15(16(14)11-12)13-6-3-2-4-7-13;/h2-10,12,15-16H,11H2,1H3;. The van der Waals surface area contributed by atoms with Crippen molar-refractivity contribution in [2.75, 3.05) is 0 Å². The van der Waals surface area contributed by atoms with Crippen molar-refractivity contribution in [1.82, 2.24) is 0 Å². The van der Waals surface area contributed by atoms with Gasteiger partial charge in [-0.1, -0.05) is 0 Å². The van der Waals surface area contributed by atoms with Crippen LogP contribution in [0.15, 0.2) is 54.1 Å². The van der Waals surface area contributed by atoms with Crippen molar-refractivity contribution >= 4 is 0 Å². The second-order valence-electron chi connectivity index (χ2n) is 5.29. The molecule has 3 rings (SSSR count). The normalized spacial score (nSPS) is 35.4. The van der Waals surface area contributed by atoms with E-state index in [1.807, 2.05) is 0 Å². The van der Waals surface area contributed by atoms with Crippen LogP contribution in [0.2, 0.25) is 3.63 Å². The van der Waals surface area contributed by atoms with Gasteiger partial charge in [0.25, 0.3) is 0 Å². The first-order valence-corrected chi connectivity index (χ1v) is 7.83. The molecule has 1 saturated carbocycles. The third kappa shape index (κ3) is 2.04. The van der Waals surface area contributed by atoms with Gasteiger partial charge in [0, 0.05) is 0 Å². The van der Waals surface area contributed by atoms with Gasteiger partial charge in [0.1, 0.15) is 0 Å². The van der Waals surface area contributed by atoms with Crippen molar-refractivity contribution in [1.29, 1.82) is 0 Å². The van der Waals surface area contributed by atoms with Gasteiger partial charge in [-0.2, -0.15) is 0 Å². The number of allylic oxidation sites excluding steroid dienone is 4. The molecule has 0 nitrogen and oxygen atoms in total. The van der Waals surface area contributed by atoms with Crippen LogP contribution in [0.1, 0.15) is 24.8 Å². The van der Waals surface area contributed by atoms with E-state index in [9.17, 15) is 0 Å². The Balaban J connectivity index is 1.95. The molecule has 0 spiro atoms. The summed E-state index contributed by atoms with van der Waals surface area (Å²) in [6.45, 7) is 2.42. The first-order valence-electron chi connectivity index (χ1n) is 6.41. The van der Waals surface area contributed by atoms with Crippen LogP contribution in [0.25, 0.3) is 0 Å². The van der Waals surface area contributed by atoms with Crippen LogP contribution in [-0.4, -0.2) is 0 Å². The molecule has 0 saturated heterocycles. The fourth-order valence-corrected chi connectivity index (χ4v) is 4.35. The molecule has 0 aliphatic heterocycles. The summed E-state index contributed by atoms with van der Waals surface area (Å²) in [6, 6.07) is 11.0. The van der Waals surface area contributed by atoms with Crippen LogP contribution in [0.3, 0.4) is 0 Å². The van der Waals surface area contributed by atoms with Gasteiger partial charge >= 0.3 is 119 Å². The topological polar surface area (TPSA) is 0 Å². The zero-order valence-corrected chi connectivity index (χ0v) is 12.6. The molecule has 2 aliphatic rings. The predicted molar refractivity (Wildman–Crippen MR) is 67.4 cm³/mol. The summed E-state index contributed by atoms with van der Waals surface area (Å²) in [6.07, 6.45) is 8.42.